The second-order valence-electron chi connectivity index (χ2n) is 4.23. The van der Waals surface area contributed by atoms with E-state index in [1.807, 2.05) is 6.20 Å². The Hall–Kier alpha value is -0.690. The Bertz CT molecular complexity index is 337. The van der Waals surface area contributed by atoms with Crippen molar-refractivity contribution in [1.82, 2.24) is 9.88 Å². The Labute approximate surface area is 105 Å². The molecule has 3 N–H and O–H groups in total. The highest BCUT2D eigenvalue weighted by Crippen LogP contribution is 2.20. The molecule has 1 aliphatic rings. The summed E-state index contributed by atoms with van der Waals surface area (Å²) in [4.78, 5) is 7.67. The molecule has 0 aliphatic carbocycles. The molecule has 0 atom stereocenters. The van der Waals surface area contributed by atoms with Gasteiger partial charge in [-0.3, -0.25) is 4.90 Å². The summed E-state index contributed by atoms with van der Waals surface area (Å²) in [5.41, 5.74) is 5.61. The predicted molar refractivity (Wildman–Crippen MR) is 67.9 cm³/mol. The van der Waals surface area contributed by atoms with E-state index < -0.39 is 0 Å². The minimum Gasteiger partial charge on any atom is -0.394 e. The van der Waals surface area contributed by atoms with Gasteiger partial charge >= 0.3 is 0 Å². The molecule has 0 radical (unpaired) electrons. The molecule has 0 spiro atoms. The summed E-state index contributed by atoms with van der Waals surface area (Å²) in [5, 5.41) is 9.33. The van der Waals surface area contributed by atoms with Gasteiger partial charge < -0.3 is 15.6 Å². The van der Waals surface area contributed by atoms with Gasteiger partial charge in [-0.1, -0.05) is 0 Å². The van der Waals surface area contributed by atoms with Gasteiger partial charge in [0, 0.05) is 30.7 Å². The van der Waals surface area contributed by atoms with E-state index in [0.717, 1.165) is 32.5 Å². The zero-order chi connectivity index (χ0) is 12.1. The summed E-state index contributed by atoms with van der Waals surface area (Å²) < 4.78 is 5.53. The highest BCUT2D eigenvalue weighted by Gasteiger charge is 2.19. The molecule has 1 fully saturated rings. The van der Waals surface area contributed by atoms with Gasteiger partial charge in [0.2, 0.25) is 0 Å². The smallest absolute Gasteiger partial charge is 0.180 e. The van der Waals surface area contributed by atoms with E-state index in [1.165, 1.54) is 4.88 Å². The molecule has 1 aromatic rings. The number of piperidine rings is 1. The van der Waals surface area contributed by atoms with Crippen molar-refractivity contribution in [2.24, 2.45) is 0 Å². The number of likely N-dealkylation sites (tertiary alicyclic amines) is 1. The molecule has 17 heavy (non-hydrogen) atoms. The predicted octanol–water partition coefficient (Wildman–Crippen LogP) is 0.699. The van der Waals surface area contributed by atoms with Crippen molar-refractivity contribution >= 4 is 16.5 Å². The molecule has 5 nitrogen and oxygen atoms in total. The van der Waals surface area contributed by atoms with Crippen LogP contribution in [0.1, 0.15) is 17.7 Å². The van der Waals surface area contributed by atoms with Crippen molar-refractivity contribution < 1.29 is 9.84 Å². The van der Waals surface area contributed by atoms with Crippen LogP contribution in [-0.4, -0.2) is 47.4 Å². The minimum atomic E-state index is 0.111. The fourth-order valence-corrected chi connectivity index (χ4v) is 2.80. The first-order valence-corrected chi connectivity index (χ1v) is 6.74. The molecule has 0 amide bonds. The van der Waals surface area contributed by atoms with E-state index >= 15 is 0 Å². The van der Waals surface area contributed by atoms with Crippen molar-refractivity contribution in [1.29, 1.82) is 0 Å². The Balaban J connectivity index is 1.72. The maximum absolute atomic E-state index is 8.69. The lowest BCUT2D eigenvalue weighted by Gasteiger charge is -2.31. The largest absolute Gasteiger partial charge is 0.394 e. The number of thiazole rings is 1. The van der Waals surface area contributed by atoms with Crippen LogP contribution in [0, 0.1) is 0 Å². The molecular weight excluding hydrogens is 238 g/mol. The monoisotopic (exact) mass is 257 g/mol. The standard InChI is InChI=1S/C11H19N3O2S/c12-11-13-7-10(17-11)8-14-3-1-9(2-4-14)16-6-5-15/h7,9,15H,1-6,8H2,(H2,12,13). The average molecular weight is 257 g/mol. The quantitative estimate of drug-likeness (QED) is 0.812. The third-order valence-electron chi connectivity index (χ3n) is 2.93. The zero-order valence-corrected chi connectivity index (χ0v) is 10.7. The molecule has 2 rings (SSSR count). The van der Waals surface area contributed by atoms with Gasteiger partial charge in [0.1, 0.15) is 0 Å². The van der Waals surface area contributed by atoms with Gasteiger partial charge in [0.25, 0.3) is 0 Å². The van der Waals surface area contributed by atoms with E-state index in [4.69, 9.17) is 15.6 Å². The number of aliphatic hydroxyl groups is 1. The SMILES string of the molecule is Nc1ncc(CN2CCC(OCCO)CC2)s1. The number of anilines is 1. The Kier molecular flexibility index (Phi) is 4.73. The van der Waals surface area contributed by atoms with E-state index in [0.29, 0.717) is 17.8 Å². The van der Waals surface area contributed by atoms with Gasteiger partial charge in [0.05, 0.1) is 19.3 Å². The third-order valence-corrected chi connectivity index (χ3v) is 3.74. The van der Waals surface area contributed by atoms with Crippen LogP contribution in [0.2, 0.25) is 0 Å². The van der Waals surface area contributed by atoms with Crippen molar-refractivity contribution in [3.05, 3.63) is 11.1 Å². The molecular formula is C11H19N3O2S. The molecule has 96 valence electrons. The minimum absolute atomic E-state index is 0.111. The van der Waals surface area contributed by atoms with Crippen molar-refractivity contribution in [2.75, 3.05) is 32.0 Å². The van der Waals surface area contributed by atoms with Crippen LogP contribution < -0.4 is 5.73 Å². The Morgan fingerprint density at radius 2 is 2.29 bits per heavy atom. The van der Waals surface area contributed by atoms with Crippen LogP contribution in [0.15, 0.2) is 6.20 Å². The average Bonchev–Trinajstić information content (AvgIpc) is 2.74. The fraction of sp³-hybridized carbons (Fsp3) is 0.727. The van der Waals surface area contributed by atoms with Gasteiger partial charge in [0.15, 0.2) is 5.13 Å². The van der Waals surface area contributed by atoms with Crippen LogP contribution in [-0.2, 0) is 11.3 Å². The van der Waals surface area contributed by atoms with E-state index in [2.05, 4.69) is 9.88 Å². The van der Waals surface area contributed by atoms with E-state index in [9.17, 15) is 0 Å². The Morgan fingerprint density at radius 3 is 2.88 bits per heavy atom. The lowest BCUT2D eigenvalue weighted by Crippen LogP contribution is -2.36. The van der Waals surface area contributed by atoms with Crippen LogP contribution >= 0.6 is 11.3 Å². The summed E-state index contributed by atoms with van der Waals surface area (Å²) in [6, 6.07) is 0. The van der Waals surface area contributed by atoms with Crippen LogP contribution in [0.5, 0.6) is 0 Å². The summed E-state index contributed by atoms with van der Waals surface area (Å²) in [7, 11) is 0. The first kappa shape index (κ1) is 12.8. The van der Waals surface area contributed by atoms with Gasteiger partial charge in [-0.15, -0.1) is 11.3 Å². The molecule has 6 heteroatoms. The van der Waals surface area contributed by atoms with Crippen molar-refractivity contribution in [3.8, 4) is 0 Å². The number of nitrogens with zero attached hydrogens (tertiary/aromatic N) is 2. The molecule has 1 saturated heterocycles. The molecule has 0 unspecified atom stereocenters. The van der Waals surface area contributed by atoms with E-state index in [1.54, 1.807) is 11.3 Å². The second-order valence-corrected chi connectivity index (χ2v) is 5.38. The summed E-state index contributed by atoms with van der Waals surface area (Å²) in [5.74, 6) is 0. The van der Waals surface area contributed by atoms with Gasteiger partial charge in [-0.2, -0.15) is 0 Å². The highest BCUT2D eigenvalue weighted by atomic mass is 32.1. The summed E-state index contributed by atoms with van der Waals surface area (Å²) >= 11 is 1.56. The van der Waals surface area contributed by atoms with E-state index in [-0.39, 0.29) is 6.61 Å². The molecule has 1 aliphatic heterocycles. The summed E-state index contributed by atoms with van der Waals surface area (Å²) in [6.07, 6.45) is 4.24. The molecule has 0 aromatic carbocycles. The van der Waals surface area contributed by atoms with Crippen LogP contribution in [0.4, 0.5) is 5.13 Å². The number of hydrogen-bond donors (Lipinski definition) is 2. The topological polar surface area (TPSA) is 71.6 Å². The van der Waals surface area contributed by atoms with Gasteiger partial charge in [-0.25, -0.2) is 4.98 Å². The number of nitrogens with two attached hydrogens (primary N) is 1. The highest BCUT2D eigenvalue weighted by molar-refractivity contribution is 7.15. The number of hydrogen-bond acceptors (Lipinski definition) is 6. The lowest BCUT2D eigenvalue weighted by molar-refractivity contribution is -0.00887. The fourth-order valence-electron chi connectivity index (χ4n) is 2.07. The molecule has 1 aromatic heterocycles. The zero-order valence-electron chi connectivity index (χ0n) is 9.84. The second kappa shape index (κ2) is 6.30. The number of aromatic nitrogens is 1. The number of ether oxygens (including phenoxy) is 1. The Morgan fingerprint density at radius 1 is 1.53 bits per heavy atom. The summed E-state index contributed by atoms with van der Waals surface area (Å²) in [6.45, 7) is 3.57. The molecule has 0 saturated carbocycles. The van der Waals surface area contributed by atoms with Gasteiger partial charge in [-0.05, 0) is 12.8 Å². The maximum Gasteiger partial charge on any atom is 0.180 e. The van der Waals surface area contributed by atoms with Crippen LogP contribution in [0.3, 0.4) is 0 Å². The van der Waals surface area contributed by atoms with Crippen molar-refractivity contribution in [2.45, 2.75) is 25.5 Å². The number of aliphatic hydroxyl groups excluding tert-OH is 1. The van der Waals surface area contributed by atoms with Crippen molar-refractivity contribution in [3.63, 3.8) is 0 Å². The lowest BCUT2D eigenvalue weighted by atomic mass is 10.1. The normalized spacial score (nSPS) is 18.6. The molecule has 0 bridgehead atoms. The maximum atomic E-state index is 8.69. The van der Waals surface area contributed by atoms with Crippen LogP contribution in [0.25, 0.3) is 0 Å². The third kappa shape index (κ3) is 3.92. The molecule has 2 heterocycles. The first-order valence-electron chi connectivity index (χ1n) is 5.93. The first-order chi connectivity index (χ1) is 8.28. The number of nitrogen functional groups attached to an aromatic ring is 1. The number of rotatable bonds is 5.